The molecular formula is C28H31N3O3. The van der Waals surface area contributed by atoms with Crippen LogP contribution in [0, 0.1) is 0 Å². The van der Waals surface area contributed by atoms with Crippen molar-refractivity contribution in [1.29, 1.82) is 0 Å². The summed E-state index contributed by atoms with van der Waals surface area (Å²) in [5.74, 6) is -0.512. The van der Waals surface area contributed by atoms with Gasteiger partial charge in [-0.3, -0.25) is 14.4 Å². The molecule has 0 aliphatic carbocycles. The van der Waals surface area contributed by atoms with Gasteiger partial charge in [-0.1, -0.05) is 73.5 Å². The molecule has 176 valence electrons. The molecule has 34 heavy (non-hydrogen) atoms. The van der Waals surface area contributed by atoms with Gasteiger partial charge in [-0.25, -0.2) is 0 Å². The lowest BCUT2D eigenvalue weighted by atomic mass is 9.88. The first-order valence-corrected chi connectivity index (χ1v) is 11.9. The summed E-state index contributed by atoms with van der Waals surface area (Å²) in [5.41, 5.74) is 2.27. The van der Waals surface area contributed by atoms with Gasteiger partial charge in [-0.05, 0) is 30.0 Å². The molecule has 2 aromatic carbocycles. The fourth-order valence-corrected chi connectivity index (χ4v) is 4.56. The Bertz CT molecular complexity index is 1140. The second-order valence-electron chi connectivity index (χ2n) is 8.89. The lowest BCUT2D eigenvalue weighted by molar-refractivity contribution is -0.116. The number of carbonyl (C=O) groups is 2. The van der Waals surface area contributed by atoms with Gasteiger partial charge < -0.3 is 14.8 Å². The van der Waals surface area contributed by atoms with Gasteiger partial charge in [0.25, 0.3) is 11.5 Å². The SMILES string of the molecule is Cn1cc(C(=O)N2CCCCCC2)cc(NC(=O)CC(c2ccccc2)c2ccccc2)c1=O. The average molecular weight is 458 g/mol. The van der Waals surface area contributed by atoms with Crippen LogP contribution in [0.25, 0.3) is 0 Å². The maximum atomic E-state index is 13.1. The average Bonchev–Trinajstić information content (AvgIpc) is 3.15. The third kappa shape index (κ3) is 5.63. The number of aromatic nitrogens is 1. The monoisotopic (exact) mass is 457 g/mol. The van der Waals surface area contributed by atoms with E-state index in [0.29, 0.717) is 5.56 Å². The maximum absolute atomic E-state index is 13.1. The van der Waals surface area contributed by atoms with Crippen molar-refractivity contribution in [3.8, 4) is 0 Å². The van der Waals surface area contributed by atoms with Crippen molar-refractivity contribution < 1.29 is 9.59 Å². The van der Waals surface area contributed by atoms with Crippen LogP contribution in [0.15, 0.2) is 77.7 Å². The Morgan fingerprint density at radius 2 is 1.44 bits per heavy atom. The van der Waals surface area contributed by atoms with E-state index in [2.05, 4.69) is 5.32 Å². The molecule has 1 saturated heterocycles. The number of aryl methyl sites for hydroxylation is 1. The Morgan fingerprint density at radius 3 is 2.00 bits per heavy atom. The van der Waals surface area contributed by atoms with Crippen LogP contribution in [0.3, 0.4) is 0 Å². The minimum Gasteiger partial charge on any atom is -0.339 e. The Morgan fingerprint density at radius 1 is 0.882 bits per heavy atom. The van der Waals surface area contributed by atoms with Crippen LogP contribution in [0.4, 0.5) is 5.69 Å². The van der Waals surface area contributed by atoms with Crippen LogP contribution >= 0.6 is 0 Å². The summed E-state index contributed by atoms with van der Waals surface area (Å²) in [6.07, 6.45) is 5.97. The molecule has 4 rings (SSSR count). The zero-order chi connectivity index (χ0) is 23.9. The van der Waals surface area contributed by atoms with E-state index in [-0.39, 0.29) is 35.4 Å². The van der Waals surface area contributed by atoms with Crippen LogP contribution in [-0.4, -0.2) is 34.4 Å². The van der Waals surface area contributed by atoms with E-state index in [1.54, 1.807) is 13.2 Å². The van der Waals surface area contributed by atoms with Crippen LogP contribution in [-0.2, 0) is 11.8 Å². The smallest absolute Gasteiger partial charge is 0.274 e. The first kappa shape index (κ1) is 23.5. The molecule has 6 nitrogen and oxygen atoms in total. The van der Waals surface area contributed by atoms with Crippen molar-refractivity contribution in [2.75, 3.05) is 18.4 Å². The summed E-state index contributed by atoms with van der Waals surface area (Å²) >= 11 is 0. The van der Waals surface area contributed by atoms with Crippen LogP contribution in [0.1, 0.15) is 59.5 Å². The molecular weight excluding hydrogens is 426 g/mol. The lowest BCUT2D eigenvalue weighted by Gasteiger charge is -2.21. The normalized spacial score (nSPS) is 14.0. The number of rotatable bonds is 6. The molecule has 0 bridgehead atoms. The largest absolute Gasteiger partial charge is 0.339 e. The van der Waals surface area contributed by atoms with Crippen molar-refractivity contribution >= 4 is 17.5 Å². The van der Waals surface area contributed by atoms with Gasteiger partial charge in [0.1, 0.15) is 5.69 Å². The molecule has 2 heterocycles. The number of hydrogen-bond donors (Lipinski definition) is 1. The zero-order valence-corrected chi connectivity index (χ0v) is 19.6. The Balaban J connectivity index is 1.56. The van der Waals surface area contributed by atoms with E-state index in [4.69, 9.17) is 0 Å². The van der Waals surface area contributed by atoms with Gasteiger partial charge in [-0.2, -0.15) is 0 Å². The molecule has 1 aromatic heterocycles. The fourth-order valence-electron chi connectivity index (χ4n) is 4.56. The second kappa shape index (κ2) is 11.0. The Kier molecular flexibility index (Phi) is 7.58. The predicted octanol–water partition coefficient (Wildman–Crippen LogP) is 4.56. The van der Waals surface area contributed by atoms with Gasteiger partial charge in [0.15, 0.2) is 0 Å². The highest BCUT2D eigenvalue weighted by Gasteiger charge is 2.22. The van der Waals surface area contributed by atoms with Crippen LogP contribution in [0.5, 0.6) is 0 Å². The molecule has 1 aliphatic heterocycles. The number of hydrogen-bond acceptors (Lipinski definition) is 3. The van der Waals surface area contributed by atoms with Crippen molar-refractivity contribution in [2.45, 2.75) is 38.0 Å². The highest BCUT2D eigenvalue weighted by molar-refractivity contribution is 5.97. The van der Waals surface area contributed by atoms with Gasteiger partial charge in [0.05, 0.1) is 5.56 Å². The number of anilines is 1. The number of amides is 2. The van der Waals surface area contributed by atoms with Gasteiger partial charge in [0.2, 0.25) is 5.91 Å². The van der Waals surface area contributed by atoms with E-state index in [1.165, 1.54) is 10.6 Å². The van der Waals surface area contributed by atoms with Crippen LogP contribution in [0.2, 0.25) is 0 Å². The fraction of sp³-hybridized carbons (Fsp3) is 0.321. The van der Waals surface area contributed by atoms with Crippen molar-refractivity contribution in [3.05, 3.63) is 100.0 Å². The van der Waals surface area contributed by atoms with Gasteiger partial charge in [-0.15, -0.1) is 0 Å². The van der Waals surface area contributed by atoms with Crippen molar-refractivity contribution in [2.24, 2.45) is 7.05 Å². The van der Waals surface area contributed by atoms with Gasteiger partial charge in [0, 0.05) is 38.7 Å². The summed E-state index contributed by atoms with van der Waals surface area (Å²) in [4.78, 5) is 40.8. The maximum Gasteiger partial charge on any atom is 0.274 e. The van der Waals surface area contributed by atoms with E-state index < -0.39 is 0 Å². The molecule has 2 amide bonds. The highest BCUT2D eigenvalue weighted by Crippen LogP contribution is 2.28. The molecule has 0 saturated carbocycles. The van der Waals surface area contributed by atoms with E-state index in [9.17, 15) is 14.4 Å². The number of benzene rings is 2. The minimum atomic E-state index is -0.336. The van der Waals surface area contributed by atoms with Crippen LogP contribution < -0.4 is 10.9 Å². The molecule has 0 spiro atoms. The summed E-state index contributed by atoms with van der Waals surface area (Å²) in [6, 6.07) is 21.3. The third-order valence-corrected chi connectivity index (χ3v) is 6.39. The number of nitrogens with zero attached hydrogens (tertiary/aromatic N) is 2. The number of nitrogens with one attached hydrogen (secondary N) is 1. The van der Waals surface area contributed by atoms with E-state index in [1.807, 2.05) is 65.6 Å². The highest BCUT2D eigenvalue weighted by atomic mass is 16.2. The Labute approximate surface area is 200 Å². The van der Waals surface area contributed by atoms with E-state index >= 15 is 0 Å². The van der Waals surface area contributed by atoms with Crippen molar-refractivity contribution in [3.63, 3.8) is 0 Å². The first-order valence-electron chi connectivity index (χ1n) is 11.9. The Hall–Kier alpha value is -3.67. The van der Waals surface area contributed by atoms with Crippen molar-refractivity contribution in [1.82, 2.24) is 9.47 Å². The molecule has 0 radical (unpaired) electrons. The molecule has 0 atom stereocenters. The summed E-state index contributed by atoms with van der Waals surface area (Å²) in [7, 11) is 1.61. The summed E-state index contributed by atoms with van der Waals surface area (Å²) < 4.78 is 1.37. The number of likely N-dealkylation sites (tertiary alicyclic amines) is 1. The predicted molar refractivity (Wildman–Crippen MR) is 134 cm³/mol. The molecule has 1 fully saturated rings. The zero-order valence-electron chi connectivity index (χ0n) is 19.6. The summed E-state index contributed by atoms with van der Waals surface area (Å²) in [6.45, 7) is 1.44. The standard InChI is InChI=1S/C28H31N3O3/c1-30-20-23(27(33)31-16-10-2-3-11-17-31)18-25(28(30)34)29-26(32)19-24(21-12-6-4-7-13-21)22-14-8-5-9-15-22/h4-9,12-15,18,20,24H,2-3,10-11,16-17,19H2,1H3,(H,29,32). The minimum absolute atomic E-state index is 0.0977. The molecule has 1 N–H and O–H groups in total. The molecule has 1 aliphatic rings. The molecule has 0 unspecified atom stereocenters. The molecule has 6 heteroatoms. The van der Waals surface area contributed by atoms with Gasteiger partial charge >= 0.3 is 0 Å². The van der Waals surface area contributed by atoms with E-state index in [0.717, 1.165) is 49.9 Å². The lowest BCUT2D eigenvalue weighted by Crippen LogP contribution is -2.33. The summed E-state index contributed by atoms with van der Waals surface area (Å²) in [5, 5.41) is 2.79. The second-order valence-corrected chi connectivity index (χ2v) is 8.89. The quantitative estimate of drug-likeness (QED) is 0.590. The molecule has 3 aromatic rings. The number of carbonyl (C=O) groups excluding carboxylic acids is 2. The number of pyridine rings is 1. The first-order chi connectivity index (χ1) is 16.5. The topological polar surface area (TPSA) is 71.4 Å². The third-order valence-electron chi connectivity index (χ3n) is 6.39.